The van der Waals surface area contributed by atoms with E-state index in [9.17, 15) is 14.9 Å². The standard InChI is InChI=1S/C21H26ClN3O4/c1-13-12-23(18-7-6-15(25(27)28)10-17(18)22)8-9-24(13)20(26)16-11-19(21(3,4)5)29-14(16)2/h6-7,10-11,13H,8-9,12H2,1-5H3/t13-/m1/s1. The van der Waals surface area contributed by atoms with Crippen LogP contribution in [0.4, 0.5) is 11.4 Å². The van der Waals surface area contributed by atoms with E-state index in [0.717, 1.165) is 11.4 Å². The average molecular weight is 420 g/mol. The highest BCUT2D eigenvalue weighted by Crippen LogP contribution is 2.32. The van der Waals surface area contributed by atoms with E-state index in [2.05, 4.69) is 25.7 Å². The molecule has 1 fully saturated rings. The molecule has 0 unspecified atom stereocenters. The molecule has 2 heterocycles. The molecule has 156 valence electrons. The number of nitrogens with zero attached hydrogens (tertiary/aromatic N) is 3. The zero-order valence-corrected chi connectivity index (χ0v) is 18.1. The predicted molar refractivity (Wildman–Crippen MR) is 113 cm³/mol. The topological polar surface area (TPSA) is 79.8 Å². The van der Waals surface area contributed by atoms with E-state index in [0.29, 0.717) is 36.0 Å². The first-order chi connectivity index (χ1) is 13.5. The largest absolute Gasteiger partial charge is 0.465 e. The number of hydrogen-bond donors (Lipinski definition) is 0. The van der Waals surface area contributed by atoms with Crippen LogP contribution in [0.3, 0.4) is 0 Å². The highest BCUT2D eigenvalue weighted by molar-refractivity contribution is 6.33. The minimum Gasteiger partial charge on any atom is -0.465 e. The second-order valence-corrected chi connectivity index (χ2v) is 8.92. The number of anilines is 1. The molecule has 8 heteroatoms. The number of non-ortho nitro benzene ring substituents is 1. The molecule has 1 aromatic carbocycles. The second kappa shape index (κ2) is 7.71. The first-order valence-electron chi connectivity index (χ1n) is 9.60. The zero-order chi connectivity index (χ0) is 21.5. The minimum absolute atomic E-state index is 0.0364. The summed E-state index contributed by atoms with van der Waals surface area (Å²) in [4.78, 5) is 27.5. The van der Waals surface area contributed by atoms with Gasteiger partial charge in [0.1, 0.15) is 11.5 Å². The maximum atomic E-state index is 13.1. The van der Waals surface area contributed by atoms with Gasteiger partial charge in [0.05, 0.1) is 21.2 Å². The number of piperazine rings is 1. The highest BCUT2D eigenvalue weighted by Gasteiger charge is 2.32. The maximum absolute atomic E-state index is 13.1. The van der Waals surface area contributed by atoms with Gasteiger partial charge in [0.15, 0.2) is 0 Å². The van der Waals surface area contributed by atoms with Crippen molar-refractivity contribution < 1.29 is 14.1 Å². The van der Waals surface area contributed by atoms with Gasteiger partial charge >= 0.3 is 0 Å². The molecule has 0 radical (unpaired) electrons. The molecule has 1 amide bonds. The van der Waals surface area contributed by atoms with Crippen molar-refractivity contribution in [2.75, 3.05) is 24.5 Å². The molecule has 1 aliphatic rings. The van der Waals surface area contributed by atoms with E-state index in [4.69, 9.17) is 16.0 Å². The molecular weight excluding hydrogens is 394 g/mol. The first-order valence-corrected chi connectivity index (χ1v) is 9.97. The number of furan rings is 1. The van der Waals surface area contributed by atoms with Crippen molar-refractivity contribution in [1.82, 2.24) is 4.90 Å². The highest BCUT2D eigenvalue weighted by atomic mass is 35.5. The Balaban J connectivity index is 1.76. The minimum atomic E-state index is -0.464. The molecule has 1 saturated heterocycles. The molecule has 1 atom stereocenters. The van der Waals surface area contributed by atoms with E-state index in [1.807, 2.05) is 24.8 Å². The van der Waals surface area contributed by atoms with Gasteiger partial charge in [-0.15, -0.1) is 0 Å². The molecule has 29 heavy (non-hydrogen) atoms. The van der Waals surface area contributed by atoms with Crippen LogP contribution in [0.5, 0.6) is 0 Å². The number of nitro groups is 1. The van der Waals surface area contributed by atoms with Crippen LogP contribution in [0.2, 0.25) is 5.02 Å². The Morgan fingerprint density at radius 1 is 1.28 bits per heavy atom. The molecule has 7 nitrogen and oxygen atoms in total. The van der Waals surface area contributed by atoms with Gasteiger partial charge in [0.2, 0.25) is 0 Å². The lowest BCUT2D eigenvalue weighted by Crippen LogP contribution is -2.54. The third-order valence-electron chi connectivity index (χ3n) is 5.26. The number of carbonyl (C=O) groups excluding carboxylic acids is 1. The summed E-state index contributed by atoms with van der Waals surface area (Å²) < 4.78 is 5.83. The Bertz CT molecular complexity index is 948. The summed E-state index contributed by atoms with van der Waals surface area (Å²) >= 11 is 6.28. The number of carbonyl (C=O) groups is 1. The molecule has 0 bridgehead atoms. The number of rotatable bonds is 3. The Hall–Kier alpha value is -2.54. The SMILES string of the molecule is Cc1oc(C(C)(C)C)cc1C(=O)N1CCN(c2ccc([N+](=O)[O-])cc2Cl)C[C@H]1C. The molecule has 1 aliphatic heterocycles. The van der Waals surface area contributed by atoms with E-state index < -0.39 is 4.92 Å². The third kappa shape index (κ3) is 4.24. The summed E-state index contributed by atoms with van der Waals surface area (Å²) in [5.41, 5.74) is 1.14. The fraction of sp³-hybridized carbons (Fsp3) is 0.476. The Kier molecular flexibility index (Phi) is 5.63. The van der Waals surface area contributed by atoms with Gasteiger partial charge in [0.25, 0.3) is 11.6 Å². The average Bonchev–Trinajstić information content (AvgIpc) is 3.03. The molecule has 3 rings (SSSR count). The van der Waals surface area contributed by atoms with Crippen LogP contribution >= 0.6 is 11.6 Å². The fourth-order valence-corrected chi connectivity index (χ4v) is 3.86. The zero-order valence-electron chi connectivity index (χ0n) is 17.4. The van der Waals surface area contributed by atoms with Crippen molar-refractivity contribution >= 4 is 28.9 Å². The summed E-state index contributed by atoms with van der Waals surface area (Å²) in [6.07, 6.45) is 0. The predicted octanol–water partition coefficient (Wildman–Crippen LogP) is 4.80. The molecular formula is C21H26ClN3O4. The van der Waals surface area contributed by atoms with Crippen LogP contribution in [-0.2, 0) is 5.41 Å². The van der Waals surface area contributed by atoms with Crippen molar-refractivity contribution in [3.8, 4) is 0 Å². The Morgan fingerprint density at radius 3 is 2.48 bits per heavy atom. The van der Waals surface area contributed by atoms with Gasteiger partial charge < -0.3 is 14.2 Å². The lowest BCUT2D eigenvalue weighted by Gasteiger charge is -2.41. The van der Waals surface area contributed by atoms with Crippen LogP contribution in [0.1, 0.15) is 49.6 Å². The van der Waals surface area contributed by atoms with Crippen molar-refractivity contribution in [2.45, 2.75) is 46.1 Å². The number of aryl methyl sites for hydroxylation is 1. The van der Waals surface area contributed by atoms with Gasteiger partial charge in [-0.25, -0.2) is 0 Å². The summed E-state index contributed by atoms with van der Waals surface area (Å²) in [6, 6.07) is 6.29. The number of amides is 1. The van der Waals surface area contributed by atoms with Crippen molar-refractivity contribution in [1.29, 1.82) is 0 Å². The first kappa shape index (κ1) is 21.2. The van der Waals surface area contributed by atoms with Crippen molar-refractivity contribution in [3.05, 3.63) is 56.5 Å². The van der Waals surface area contributed by atoms with Gasteiger partial charge in [-0.2, -0.15) is 0 Å². The maximum Gasteiger partial charge on any atom is 0.271 e. The Labute approximate surface area is 175 Å². The lowest BCUT2D eigenvalue weighted by molar-refractivity contribution is -0.384. The number of nitro benzene ring substituents is 1. The molecule has 1 aromatic heterocycles. The van der Waals surface area contributed by atoms with E-state index in [-0.39, 0.29) is 23.1 Å². The fourth-order valence-electron chi connectivity index (χ4n) is 3.56. The van der Waals surface area contributed by atoms with E-state index >= 15 is 0 Å². The normalized spacial score (nSPS) is 17.5. The molecule has 0 N–H and O–H groups in total. The molecule has 0 saturated carbocycles. The van der Waals surface area contributed by atoms with Crippen LogP contribution in [0, 0.1) is 17.0 Å². The number of halogens is 1. The quantitative estimate of drug-likeness (QED) is 0.527. The molecule has 0 aliphatic carbocycles. The third-order valence-corrected chi connectivity index (χ3v) is 5.56. The number of hydrogen-bond acceptors (Lipinski definition) is 5. The van der Waals surface area contributed by atoms with Gasteiger partial charge in [-0.05, 0) is 26.0 Å². The van der Waals surface area contributed by atoms with E-state index in [1.54, 1.807) is 6.07 Å². The monoisotopic (exact) mass is 419 g/mol. The molecule has 0 spiro atoms. The van der Waals surface area contributed by atoms with Crippen LogP contribution < -0.4 is 4.90 Å². The second-order valence-electron chi connectivity index (χ2n) is 8.52. The summed E-state index contributed by atoms with van der Waals surface area (Å²) in [5, 5.41) is 11.3. The van der Waals surface area contributed by atoms with Crippen molar-refractivity contribution in [3.63, 3.8) is 0 Å². The smallest absolute Gasteiger partial charge is 0.271 e. The summed E-state index contributed by atoms with van der Waals surface area (Å²) in [6.45, 7) is 11.7. The van der Waals surface area contributed by atoms with Crippen LogP contribution in [0.15, 0.2) is 28.7 Å². The van der Waals surface area contributed by atoms with E-state index in [1.165, 1.54) is 12.1 Å². The molecule has 2 aromatic rings. The van der Waals surface area contributed by atoms with Gasteiger partial charge in [0, 0.05) is 43.2 Å². The van der Waals surface area contributed by atoms with Gasteiger partial charge in [-0.1, -0.05) is 32.4 Å². The lowest BCUT2D eigenvalue weighted by atomic mass is 9.93. The summed E-state index contributed by atoms with van der Waals surface area (Å²) in [5.74, 6) is 1.39. The van der Waals surface area contributed by atoms with Crippen LogP contribution in [-0.4, -0.2) is 41.4 Å². The summed E-state index contributed by atoms with van der Waals surface area (Å²) in [7, 11) is 0. The van der Waals surface area contributed by atoms with Crippen molar-refractivity contribution in [2.24, 2.45) is 0 Å². The Morgan fingerprint density at radius 2 is 1.97 bits per heavy atom. The number of benzene rings is 1. The van der Waals surface area contributed by atoms with Gasteiger partial charge in [-0.3, -0.25) is 14.9 Å². The van der Waals surface area contributed by atoms with Crippen LogP contribution in [0.25, 0.3) is 0 Å².